The van der Waals surface area contributed by atoms with Gasteiger partial charge in [0.05, 0.1) is 17.7 Å². The van der Waals surface area contributed by atoms with Crippen LogP contribution in [0.15, 0.2) is 53.4 Å². The highest BCUT2D eigenvalue weighted by Crippen LogP contribution is 2.24. The third-order valence-corrected chi connectivity index (χ3v) is 6.72. The summed E-state index contributed by atoms with van der Waals surface area (Å²) in [5.74, 6) is 0.949. The molecule has 158 valence electrons. The van der Waals surface area contributed by atoms with Crippen molar-refractivity contribution in [2.45, 2.75) is 38.6 Å². The fourth-order valence-corrected chi connectivity index (χ4v) is 4.41. The van der Waals surface area contributed by atoms with E-state index in [2.05, 4.69) is 33.0 Å². The number of sulfonamides is 1. The van der Waals surface area contributed by atoms with Gasteiger partial charge in [-0.1, -0.05) is 33.8 Å². The van der Waals surface area contributed by atoms with Gasteiger partial charge < -0.3 is 10.1 Å². The zero-order valence-electron chi connectivity index (χ0n) is 17.8. The van der Waals surface area contributed by atoms with Crippen LogP contribution in [-0.4, -0.2) is 34.5 Å². The number of rotatable bonds is 8. The van der Waals surface area contributed by atoms with E-state index in [1.165, 1.54) is 30.6 Å². The van der Waals surface area contributed by atoms with Gasteiger partial charge in [-0.25, -0.2) is 8.42 Å². The summed E-state index contributed by atoms with van der Waals surface area (Å²) in [5, 5.41) is 3.06. The van der Waals surface area contributed by atoms with Crippen LogP contribution in [0.2, 0.25) is 0 Å². The van der Waals surface area contributed by atoms with Gasteiger partial charge in [0.2, 0.25) is 0 Å². The van der Waals surface area contributed by atoms with Crippen LogP contribution in [0.25, 0.3) is 0 Å². The molecular weight excluding hydrogens is 388 g/mol. The molecule has 0 aliphatic heterocycles. The summed E-state index contributed by atoms with van der Waals surface area (Å²) in [5.41, 5.74) is 0.838. The summed E-state index contributed by atoms with van der Waals surface area (Å²) in [7, 11) is -0.766. The molecule has 2 aromatic rings. The van der Waals surface area contributed by atoms with Crippen LogP contribution >= 0.6 is 0 Å². The van der Waals surface area contributed by atoms with E-state index in [0.29, 0.717) is 28.8 Å². The fraction of sp³-hybridized carbons (Fsp3) is 0.409. The first-order chi connectivity index (χ1) is 13.6. The number of methoxy groups -OCH3 is 1. The van der Waals surface area contributed by atoms with Crippen LogP contribution in [0, 0.1) is 11.8 Å². The first kappa shape index (κ1) is 22.7. The monoisotopic (exact) mass is 418 g/mol. The summed E-state index contributed by atoms with van der Waals surface area (Å²) in [4.78, 5) is 12.9. The van der Waals surface area contributed by atoms with Gasteiger partial charge in [-0.3, -0.25) is 9.10 Å². The van der Waals surface area contributed by atoms with E-state index in [1.54, 1.807) is 36.4 Å². The van der Waals surface area contributed by atoms with Crippen molar-refractivity contribution < 1.29 is 17.9 Å². The Morgan fingerprint density at radius 3 is 2.10 bits per heavy atom. The Hall–Kier alpha value is -2.54. The van der Waals surface area contributed by atoms with Crippen LogP contribution in [-0.2, 0) is 10.0 Å². The topological polar surface area (TPSA) is 75.7 Å². The van der Waals surface area contributed by atoms with E-state index in [1.807, 2.05) is 0 Å². The fourth-order valence-electron chi connectivity index (χ4n) is 3.23. The summed E-state index contributed by atoms with van der Waals surface area (Å²) < 4.78 is 32.2. The molecule has 7 heteroatoms. The number of amides is 1. The highest BCUT2D eigenvalue weighted by atomic mass is 32.2. The molecule has 1 amide bonds. The van der Waals surface area contributed by atoms with Gasteiger partial charge in [-0.2, -0.15) is 0 Å². The Labute approximate surface area is 173 Å². The molecule has 1 N–H and O–H groups in total. The Kier molecular flexibility index (Phi) is 7.30. The summed E-state index contributed by atoms with van der Waals surface area (Å²) in [6.45, 7) is 8.26. The highest BCUT2D eigenvalue weighted by Gasteiger charge is 2.24. The molecule has 0 fully saturated rings. The predicted molar refractivity (Wildman–Crippen MR) is 116 cm³/mol. The van der Waals surface area contributed by atoms with E-state index in [-0.39, 0.29) is 16.8 Å². The molecule has 0 saturated heterocycles. The maximum atomic E-state index is 13.0. The zero-order valence-corrected chi connectivity index (χ0v) is 18.7. The van der Waals surface area contributed by atoms with Gasteiger partial charge in [0.15, 0.2) is 0 Å². The molecule has 6 nitrogen and oxygen atoms in total. The number of hydrogen-bond acceptors (Lipinski definition) is 4. The van der Waals surface area contributed by atoms with Crippen LogP contribution in [0.4, 0.5) is 5.69 Å². The lowest BCUT2D eigenvalue weighted by atomic mass is 9.93. The molecule has 0 unspecified atom stereocenters. The molecule has 0 atom stereocenters. The maximum Gasteiger partial charge on any atom is 0.264 e. The summed E-state index contributed by atoms with van der Waals surface area (Å²) in [6.07, 6.45) is 0. The van der Waals surface area contributed by atoms with Crippen molar-refractivity contribution in [3.8, 4) is 5.75 Å². The molecule has 0 bridgehead atoms. The Balaban J connectivity index is 2.28. The van der Waals surface area contributed by atoms with Crippen LogP contribution in [0.3, 0.4) is 0 Å². The molecular formula is C22H30N2O4S. The number of carbonyl (C=O) groups is 1. The van der Waals surface area contributed by atoms with Crippen molar-refractivity contribution in [3.63, 3.8) is 0 Å². The lowest BCUT2D eigenvalue weighted by molar-refractivity contribution is 0.0910. The smallest absolute Gasteiger partial charge is 0.264 e. The van der Waals surface area contributed by atoms with E-state index < -0.39 is 10.0 Å². The molecule has 0 spiro atoms. The molecule has 2 rings (SSSR count). The van der Waals surface area contributed by atoms with Gasteiger partial charge in [0.25, 0.3) is 15.9 Å². The second kappa shape index (κ2) is 9.31. The average Bonchev–Trinajstić information content (AvgIpc) is 2.70. The molecule has 0 radical (unpaired) electrons. The van der Waals surface area contributed by atoms with Crippen molar-refractivity contribution in [1.29, 1.82) is 0 Å². The maximum absolute atomic E-state index is 13.0. The Bertz CT molecular complexity index is 930. The summed E-state index contributed by atoms with van der Waals surface area (Å²) >= 11 is 0. The van der Waals surface area contributed by atoms with Crippen molar-refractivity contribution in [2.24, 2.45) is 11.8 Å². The minimum absolute atomic E-state index is 0.0342. The number of hydrogen-bond donors (Lipinski definition) is 1. The van der Waals surface area contributed by atoms with Gasteiger partial charge in [0, 0.05) is 18.7 Å². The largest absolute Gasteiger partial charge is 0.497 e. The first-order valence-electron chi connectivity index (χ1n) is 9.61. The highest BCUT2D eigenvalue weighted by molar-refractivity contribution is 7.92. The second-order valence-electron chi connectivity index (χ2n) is 7.69. The van der Waals surface area contributed by atoms with E-state index in [4.69, 9.17) is 4.74 Å². The Morgan fingerprint density at radius 2 is 1.59 bits per heavy atom. The second-order valence-corrected chi connectivity index (χ2v) is 9.65. The number of ether oxygens (including phenoxy) is 1. The van der Waals surface area contributed by atoms with Crippen molar-refractivity contribution in [2.75, 3.05) is 18.5 Å². The van der Waals surface area contributed by atoms with E-state index in [0.717, 1.165) is 0 Å². The van der Waals surface area contributed by atoms with Crippen molar-refractivity contribution in [1.82, 2.24) is 5.32 Å². The number of nitrogens with one attached hydrogen (secondary N) is 1. The minimum atomic E-state index is -3.76. The molecule has 0 aliphatic rings. The number of benzene rings is 2. The molecule has 2 aromatic carbocycles. The molecule has 0 aromatic heterocycles. The van der Waals surface area contributed by atoms with Crippen LogP contribution in [0.1, 0.15) is 38.1 Å². The average molecular weight is 419 g/mol. The third kappa shape index (κ3) is 5.29. The van der Waals surface area contributed by atoms with Crippen LogP contribution in [0.5, 0.6) is 5.75 Å². The lowest BCUT2D eigenvalue weighted by Gasteiger charge is -2.26. The summed E-state index contributed by atoms with van der Waals surface area (Å²) in [6, 6.07) is 12.9. The normalized spacial score (nSPS) is 11.8. The van der Waals surface area contributed by atoms with Gasteiger partial charge >= 0.3 is 0 Å². The lowest BCUT2D eigenvalue weighted by Crippen LogP contribution is -2.42. The molecule has 0 aliphatic carbocycles. The SMILES string of the molecule is COc1ccc(S(=O)(=O)N(C)c2cccc(C(=O)NC(C(C)C)C(C)C)c2)cc1. The molecule has 0 saturated carbocycles. The van der Waals surface area contributed by atoms with E-state index >= 15 is 0 Å². The minimum Gasteiger partial charge on any atom is -0.497 e. The Morgan fingerprint density at radius 1 is 1.00 bits per heavy atom. The van der Waals surface area contributed by atoms with Gasteiger partial charge in [0.1, 0.15) is 5.75 Å². The van der Waals surface area contributed by atoms with Gasteiger partial charge in [-0.15, -0.1) is 0 Å². The third-order valence-electron chi connectivity index (χ3n) is 4.92. The number of carbonyl (C=O) groups excluding carboxylic acids is 1. The zero-order chi connectivity index (χ0) is 21.8. The standard InChI is InChI=1S/C22H30N2O4S/c1-15(2)21(16(3)4)23-22(25)17-8-7-9-18(14-17)24(5)29(26,27)20-12-10-19(28-6)11-13-20/h7-16,21H,1-6H3,(H,23,25). The van der Waals surface area contributed by atoms with Crippen molar-refractivity contribution in [3.05, 3.63) is 54.1 Å². The quantitative estimate of drug-likeness (QED) is 0.705. The molecule has 29 heavy (non-hydrogen) atoms. The van der Waals surface area contributed by atoms with Crippen molar-refractivity contribution >= 4 is 21.6 Å². The first-order valence-corrected chi connectivity index (χ1v) is 11.1. The van der Waals surface area contributed by atoms with Crippen LogP contribution < -0.4 is 14.4 Å². The number of nitrogens with zero attached hydrogens (tertiary/aromatic N) is 1. The van der Waals surface area contributed by atoms with E-state index in [9.17, 15) is 13.2 Å². The molecule has 0 heterocycles. The number of anilines is 1. The van der Waals surface area contributed by atoms with Gasteiger partial charge in [-0.05, 0) is 54.3 Å². The predicted octanol–water partition coefficient (Wildman–Crippen LogP) is 3.93.